The van der Waals surface area contributed by atoms with Gasteiger partial charge < -0.3 is 9.88 Å². The van der Waals surface area contributed by atoms with Crippen LogP contribution in [0.3, 0.4) is 0 Å². The van der Waals surface area contributed by atoms with Crippen LogP contribution in [0.2, 0.25) is 0 Å². The molecule has 0 bridgehead atoms. The van der Waals surface area contributed by atoms with E-state index in [9.17, 15) is 13.2 Å². The summed E-state index contributed by atoms with van der Waals surface area (Å²) in [6, 6.07) is 3.95. The fourth-order valence-corrected chi connectivity index (χ4v) is 1.91. The van der Waals surface area contributed by atoms with Crippen molar-refractivity contribution in [3.8, 4) is 0 Å². The third kappa shape index (κ3) is 2.66. The smallest absolute Gasteiger partial charge is 0.326 e. The Kier molecular flexibility index (Phi) is 3.34. The molecule has 0 saturated heterocycles. The molecule has 0 unspecified atom stereocenters. The van der Waals surface area contributed by atoms with Gasteiger partial charge in [0.25, 0.3) is 0 Å². The molecule has 0 aliphatic heterocycles. The van der Waals surface area contributed by atoms with Gasteiger partial charge in [-0.05, 0) is 18.2 Å². The Morgan fingerprint density at radius 3 is 2.61 bits per heavy atom. The van der Waals surface area contributed by atoms with Gasteiger partial charge in [0, 0.05) is 29.6 Å². The van der Waals surface area contributed by atoms with Crippen molar-refractivity contribution in [3.05, 3.63) is 40.6 Å². The summed E-state index contributed by atoms with van der Waals surface area (Å²) >= 11 is 2.89. The van der Waals surface area contributed by atoms with Crippen molar-refractivity contribution in [3.63, 3.8) is 0 Å². The number of nitrogens with one attached hydrogen (secondary N) is 1. The first-order valence-corrected chi connectivity index (χ1v) is 5.78. The maximum Gasteiger partial charge on any atom is 0.417 e. The summed E-state index contributed by atoms with van der Waals surface area (Å²) in [4.78, 5) is 3.98. The molecule has 0 amide bonds. The number of hydrogen-bond donors (Lipinski definition) is 1. The van der Waals surface area contributed by atoms with Crippen molar-refractivity contribution in [2.45, 2.75) is 6.18 Å². The largest absolute Gasteiger partial charge is 0.417 e. The molecule has 1 N–H and O–H groups in total. The molecule has 0 saturated carbocycles. The van der Waals surface area contributed by atoms with Gasteiger partial charge in [0.1, 0.15) is 0 Å². The van der Waals surface area contributed by atoms with Crippen LogP contribution in [-0.4, -0.2) is 9.55 Å². The molecule has 18 heavy (non-hydrogen) atoms. The first-order valence-electron chi connectivity index (χ1n) is 4.99. The zero-order valence-electron chi connectivity index (χ0n) is 9.29. The Morgan fingerprint density at radius 2 is 2.06 bits per heavy atom. The maximum atomic E-state index is 12.7. The molecule has 1 aromatic carbocycles. The summed E-state index contributed by atoms with van der Waals surface area (Å²) in [5.41, 5.74) is -0.387. The number of benzene rings is 1. The molecule has 0 aliphatic carbocycles. The number of halogens is 4. The van der Waals surface area contributed by atoms with Gasteiger partial charge in [-0.15, -0.1) is 0 Å². The maximum absolute atomic E-state index is 12.7. The van der Waals surface area contributed by atoms with E-state index < -0.39 is 11.7 Å². The number of rotatable bonds is 2. The van der Waals surface area contributed by atoms with Crippen LogP contribution >= 0.6 is 15.9 Å². The van der Waals surface area contributed by atoms with Gasteiger partial charge in [-0.1, -0.05) is 15.9 Å². The highest BCUT2D eigenvalue weighted by molar-refractivity contribution is 9.10. The summed E-state index contributed by atoms with van der Waals surface area (Å²) < 4.78 is 39.8. The molecule has 7 heteroatoms. The molecule has 3 nitrogen and oxygen atoms in total. The Morgan fingerprint density at radius 1 is 1.33 bits per heavy atom. The van der Waals surface area contributed by atoms with Crippen molar-refractivity contribution in [1.29, 1.82) is 0 Å². The SMILES string of the molecule is Cn1ccnc1Nc1ccc(Br)c(C(F)(F)F)c1. The van der Waals surface area contributed by atoms with Crippen LogP contribution in [0.5, 0.6) is 0 Å². The van der Waals surface area contributed by atoms with Gasteiger partial charge in [0.2, 0.25) is 5.95 Å². The lowest BCUT2D eigenvalue weighted by Crippen LogP contribution is -2.07. The lowest BCUT2D eigenvalue weighted by Gasteiger charge is -2.12. The predicted molar refractivity (Wildman–Crippen MR) is 65.6 cm³/mol. The monoisotopic (exact) mass is 319 g/mol. The molecule has 0 spiro atoms. The minimum atomic E-state index is -4.39. The van der Waals surface area contributed by atoms with Gasteiger partial charge in [-0.3, -0.25) is 0 Å². The fraction of sp³-hybridized carbons (Fsp3) is 0.182. The Balaban J connectivity index is 2.33. The molecule has 0 aliphatic rings. The average molecular weight is 320 g/mol. The quantitative estimate of drug-likeness (QED) is 0.908. The predicted octanol–water partition coefficient (Wildman–Crippen LogP) is 3.95. The highest BCUT2D eigenvalue weighted by Crippen LogP contribution is 2.36. The highest BCUT2D eigenvalue weighted by atomic mass is 79.9. The van der Waals surface area contributed by atoms with Crippen LogP contribution in [0.4, 0.5) is 24.8 Å². The van der Waals surface area contributed by atoms with Crippen LogP contribution in [0.25, 0.3) is 0 Å². The molecular formula is C11H9BrF3N3. The van der Waals surface area contributed by atoms with E-state index in [0.717, 1.165) is 6.07 Å². The van der Waals surface area contributed by atoms with Crippen LogP contribution < -0.4 is 5.32 Å². The zero-order valence-corrected chi connectivity index (χ0v) is 10.9. The Bertz CT molecular complexity index is 563. The minimum absolute atomic E-state index is 0.0143. The zero-order chi connectivity index (χ0) is 13.3. The lowest BCUT2D eigenvalue weighted by molar-refractivity contribution is -0.138. The van der Waals surface area contributed by atoms with Crippen molar-refractivity contribution in [2.24, 2.45) is 7.05 Å². The number of alkyl halides is 3. The minimum Gasteiger partial charge on any atom is -0.326 e. The van der Waals surface area contributed by atoms with Gasteiger partial charge in [-0.2, -0.15) is 13.2 Å². The topological polar surface area (TPSA) is 29.9 Å². The first-order chi connectivity index (χ1) is 8.38. The normalized spacial score (nSPS) is 11.6. The van der Waals surface area contributed by atoms with E-state index in [4.69, 9.17) is 0 Å². The molecule has 0 fully saturated rings. The van der Waals surface area contributed by atoms with Crippen LogP contribution in [-0.2, 0) is 13.2 Å². The van der Waals surface area contributed by atoms with Gasteiger partial charge in [0.05, 0.1) is 5.56 Å². The fourth-order valence-electron chi connectivity index (χ4n) is 1.44. The lowest BCUT2D eigenvalue weighted by atomic mass is 10.2. The molecule has 0 radical (unpaired) electrons. The van der Waals surface area contributed by atoms with E-state index >= 15 is 0 Å². The van der Waals surface area contributed by atoms with Gasteiger partial charge in [-0.25, -0.2) is 4.98 Å². The van der Waals surface area contributed by atoms with E-state index in [2.05, 4.69) is 26.2 Å². The van der Waals surface area contributed by atoms with Crippen molar-refractivity contribution >= 4 is 27.6 Å². The highest BCUT2D eigenvalue weighted by Gasteiger charge is 2.33. The van der Waals surface area contributed by atoms with Crippen LogP contribution in [0, 0.1) is 0 Å². The molecule has 1 heterocycles. The number of aromatic nitrogens is 2. The van der Waals surface area contributed by atoms with E-state index in [1.54, 1.807) is 30.1 Å². The first kappa shape index (κ1) is 12.9. The van der Waals surface area contributed by atoms with E-state index in [0.29, 0.717) is 11.6 Å². The standard InChI is InChI=1S/C11H9BrF3N3/c1-18-5-4-16-10(18)17-7-2-3-9(12)8(6-7)11(13,14)15/h2-6H,1H3,(H,16,17). The van der Waals surface area contributed by atoms with Crippen molar-refractivity contribution < 1.29 is 13.2 Å². The van der Waals surface area contributed by atoms with Crippen LogP contribution in [0.15, 0.2) is 35.1 Å². The molecule has 2 rings (SSSR count). The van der Waals surface area contributed by atoms with Gasteiger partial charge in [0.15, 0.2) is 0 Å². The van der Waals surface area contributed by atoms with Crippen molar-refractivity contribution in [1.82, 2.24) is 9.55 Å². The second-order valence-electron chi connectivity index (χ2n) is 3.68. The Labute approximate surface area is 110 Å². The number of aryl methyl sites for hydroxylation is 1. The van der Waals surface area contributed by atoms with E-state index in [-0.39, 0.29) is 4.47 Å². The number of anilines is 2. The summed E-state index contributed by atoms with van der Waals surface area (Å²) in [7, 11) is 1.75. The van der Waals surface area contributed by atoms with Gasteiger partial charge >= 0.3 is 6.18 Å². The summed E-state index contributed by atoms with van der Waals surface area (Å²) in [5.74, 6) is 0.477. The second kappa shape index (κ2) is 4.64. The summed E-state index contributed by atoms with van der Waals surface area (Å²) in [6.07, 6.45) is -1.13. The molecule has 96 valence electrons. The molecule has 2 aromatic rings. The third-order valence-electron chi connectivity index (χ3n) is 2.35. The van der Waals surface area contributed by atoms with Crippen molar-refractivity contribution in [2.75, 3.05) is 5.32 Å². The molecule has 1 aromatic heterocycles. The van der Waals surface area contributed by atoms with Crippen LogP contribution in [0.1, 0.15) is 5.56 Å². The number of hydrogen-bond acceptors (Lipinski definition) is 2. The Hall–Kier alpha value is -1.50. The second-order valence-corrected chi connectivity index (χ2v) is 4.53. The molecular weight excluding hydrogens is 311 g/mol. The third-order valence-corrected chi connectivity index (χ3v) is 3.04. The number of nitrogens with zero attached hydrogens (tertiary/aromatic N) is 2. The molecule has 0 atom stereocenters. The number of imidazole rings is 1. The summed E-state index contributed by atoms with van der Waals surface area (Å²) in [5, 5.41) is 2.82. The van der Waals surface area contributed by atoms with E-state index in [1.807, 2.05) is 0 Å². The van der Waals surface area contributed by atoms with E-state index in [1.165, 1.54) is 6.07 Å². The average Bonchev–Trinajstić information content (AvgIpc) is 2.66. The summed E-state index contributed by atoms with van der Waals surface area (Å²) in [6.45, 7) is 0.